The highest BCUT2D eigenvalue weighted by molar-refractivity contribution is 6.31. The lowest BCUT2D eigenvalue weighted by molar-refractivity contribution is 0.0887. The summed E-state index contributed by atoms with van der Waals surface area (Å²) in [4.78, 5) is 12.1. The number of hydrogen-bond donors (Lipinski definition) is 0. The third kappa shape index (κ3) is 2.37. The minimum Gasteiger partial charge on any atom is -0.453 e. The molecule has 17 heavy (non-hydrogen) atoms. The average Bonchev–Trinajstić information content (AvgIpc) is 2.73. The SMILES string of the molecule is CCC(CC)C(=O)c1cc2cc(Cl)ccc2o1. The van der Waals surface area contributed by atoms with Crippen LogP contribution in [0, 0.1) is 5.92 Å². The molecule has 0 amide bonds. The van der Waals surface area contributed by atoms with E-state index in [1.165, 1.54) is 0 Å². The number of carbonyl (C=O) groups excluding carboxylic acids is 1. The number of Topliss-reactive ketones (excluding diaryl/α,β-unsaturated/α-hetero) is 1. The molecule has 0 spiro atoms. The van der Waals surface area contributed by atoms with E-state index in [9.17, 15) is 4.79 Å². The maximum atomic E-state index is 12.1. The van der Waals surface area contributed by atoms with Gasteiger partial charge in [-0.05, 0) is 37.1 Å². The summed E-state index contributed by atoms with van der Waals surface area (Å²) >= 11 is 5.90. The van der Waals surface area contributed by atoms with Crippen molar-refractivity contribution in [2.75, 3.05) is 0 Å². The lowest BCUT2D eigenvalue weighted by Gasteiger charge is -2.07. The fraction of sp³-hybridized carbons (Fsp3) is 0.357. The number of rotatable bonds is 4. The molecule has 0 aliphatic rings. The monoisotopic (exact) mass is 250 g/mol. The molecule has 0 aliphatic carbocycles. The zero-order valence-electron chi connectivity index (χ0n) is 10.00. The van der Waals surface area contributed by atoms with E-state index in [4.69, 9.17) is 16.0 Å². The second-order valence-electron chi connectivity index (χ2n) is 4.17. The highest BCUT2D eigenvalue weighted by Crippen LogP contribution is 2.25. The lowest BCUT2D eigenvalue weighted by atomic mass is 9.96. The molecule has 90 valence electrons. The van der Waals surface area contributed by atoms with Crippen molar-refractivity contribution in [3.8, 4) is 0 Å². The van der Waals surface area contributed by atoms with Crippen molar-refractivity contribution in [1.29, 1.82) is 0 Å². The van der Waals surface area contributed by atoms with Crippen LogP contribution in [0.5, 0.6) is 0 Å². The first-order valence-corrected chi connectivity index (χ1v) is 6.26. The van der Waals surface area contributed by atoms with E-state index in [2.05, 4.69) is 0 Å². The molecule has 0 fully saturated rings. The molecule has 0 N–H and O–H groups in total. The largest absolute Gasteiger partial charge is 0.453 e. The Labute approximate surface area is 106 Å². The number of carbonyl (C=O) groups is 1. The zero-order chi connectivity index (χ0) is 12.4. The van der Waals surface area contributed by atoms with Crippen LogP contribution in [0.1, 0.15) is 37.2 Å². The van der Waals surface area contributed by atoms with E-state index in [-0.39, 0.29) is 11.7 Å². The van der Waals surface area contributed by atoms with Crippen LogP contribution in [0.3, 0.4) is 0 Å². The fourth-order valence-electron chi connectivity index (χ4n) is 2.00. The van der Waals surface area contributed by atoms with Gasteiger partial charge in [-0.2, -0.15) is 0 Å². The molecule has 0 saturated heterocycles. The molecule has 1 aromatic carbocycles. The van der Waals surface area contributed by atoms with E-state index in [0.29, 0.717) is 16.4 Å². The number of fused-ring (bicyclic) bond motifs is 1. The first-order valence-electron chi connectivity index (χ1n) is 5.89. The van der Waals surface area contributed by atoms with Gasteiger partial charge in [0.2, 0.25) is 5.78 Å². The summed E-state index contributed by atoms with van der Waals surface area (Å²) in [5, 5.41) is 1.53. The van der Waals surface area contributed by atoms with Crippen LogP contribution in [-0.2, 0) is 0 Å². The molecular weight excluding hydrogens is 236 g/mol. The van der Waals surface area contributed by atoms with E-state index < -0.39 is 0 Å². The summed E-state index contributed by atoms with van der Waals surface area (Å²) < 4.78 is 5.56. The molecule has 0 radical (unpaired) electrons. The zero-order valence-corrected chi connectivity index (χ0v) is 10.8. The van der Waals surface area contributed by atoms with Gasteiger partial charge in [0.05, 0.1) is 0 Å². The number of benzene rings is 1. The standard InChI is InChI=1S/C14H15ClO2/c1-3-9(4-2)14(16)13-8-10-7-11(15)5-6-12(10)17-13/h5-9H,3-4H2,1-2H3. The van der Waals surface area contributed by atoms with Gasteiger partial charge < -0.3 is 4.42 Å². The molecule has 2 aromatic rings. The van der Waals surface area contributed by atoms with Crippen LogP contribution >= 0.6 is 11.6 Å². The molecule has 1 aromatic heterocycles. The molecule has 0 bridgehead atoms. The predicted molar refractivity (Wildman–Crippen MR) is 69.6 cm³/mol. The van der Waals surface area contributed by atoms with Crippen LogP contribution in [0.2, 0.25) is 5.02 Å². The lowest BCUT2D eigenvalue weighted by Crippen LogP contribution is -2.11. The quantitative estimate of drug-likeness (QED) is 0.736. The summed E-state index contributed by atoms with van der Waals surface area (Å²) in [6.07, 6.45) is 1.68. The first-order chi connectivity index (χ1) is 8.15. The van der Waals surface area contributed by atoms with Crippen molar-refractivity contribution in [2.24, 2.45) is 5.92 Å². The Kier molecular flexibility index (Phi) is 3.53. The third-order valence-electron chi connectivity index (χ3n) is 3.08. The predicted octanol–water partition coefficient (Wildman–Crippen LogP) is 4.71. The highest BCUT2D eigenvalue weighted by atomic mass is 35.5. The van der Waals surface area contributed by atoms with Gasteiger partial charge in [0.15, 0.2) is 5.76 Å². The number of hydrogen-bond acceptors (Lipinski definition) is 2. The van der Waals surface area contributed by atoms with Crippen LogP contribution in [-0.4, -0.2) is 5.78 Å². The minimum absolute atomic E-state index is 0.0473. The average molecular weight is 251 g/mol. The van der Waals surface area contributed by atoms with Crippen LogP contribution in [0.4, 0.5) is 0 Å². The second-order valence-corrected chi connectivity index (χ2v) is 4.61. The molecule has 0 saturated carbocycles. The van der Waals surface area contributed by atoms with Gasteiger partial charge in [0, 0.05) is 16.3 Å². The minimum atomic E-state index is 0.0473. The van der Waals surface area contributed by atoms with E-state index in [1.54, 1.807) is 18.2 Å². The summed E-state index contributed by atoms with van der Waals surface area (Å²) in [5.41, 5.74) is 0.712. The second kappa shape index (κ2) is 4.92. The van der Waals surface area contributed by atoms with Crippen molar-refractivity contribution in [3.05, 3.63) is 35.0 Å². The Hall–Kier alpha value is -1.28. The van der Waals surface area contributed by atoms with Crippen LogP contribution in [0.15, 0.2) is 28.7 Å². The smallest absolute Gasteiger partial charge is 0.201 e. The third-order valence-corrected chi connectivity index (χ3v) is 3.31. The summed E-state index contributed by atoms with van der Waals surface area (Å²) in [6, 6.07) is 7.14. The topological polar surface area (TPSA) is 30.2 Å². The molecule has 3 heteroatoms. The van der Waals surface area contributed by atoms with Gasteiger partial charge in [-0.3, -0.25) is 4.79 Å². The van der Waals surface area contributed by atoms with Gasteiger partial charge in [0.25, 0.3) is 0 Å². The van der Waals surface area contributed by atoms with Crippen LogP contribution in [0.25, 0.3) is 11.0 Å². The summed E-state index contributed by atoms with van der Waals surface area (Å²) in [5.74, 6) is 0.573. The van der Waals surface area contributed by atoms with E-state index in [1.807, 2.05) is 19.9 Å². The van der Waals surface area contributed by atoms with Crippen molar-refractivity contribution >= 4 is 28.4 Å². The maximum absolute atomic E-state index is 12.1. The Bertz CT molecular complexity index is 538. The Morgan fingerprint density at radius 1 is 1.29 bits per heavy atom. The summed E-state index contributed by atoms with van der Waals surface area (Å²) in [7, 11) is 0. The van der Waals surface area contributed by atoms with E-state index in [0.717, 1.165) is 18.2 Å². The molecule has 2 nitrogen and oxygen atoms in total. The van der Waals surface area contributed by atoms with Crippen molar-refractivity contribution in [1.82, 2.24) is 0 Å². The fourth-order valence-corrected chi connectivity index (χ4v) is 2.18. The van der Waals surface area contributed by atoms with Crippen LogP contribution < -0.4 is 0 Å². The van der Waals surface area contributed by atoms with Gasteiger partial charge in [-0.1, -0.05) is 25.4 Å². The molecule has 0 atom stereocenters. The van der Waals surface area contributed by atoms with Gasteiger partial charge >= 0.3 is 0 Å². The van der Waals surface area contributed by atoms with Crippen molar-refractivity contribution < 1.29 is 9.21 Å². The molecule has 2 rings (SSSR count). The van der Waals surface area contributed by atoms with Gasteiger partial charge in [-0.25, -0.2) is 0 Å². The number of furan rings is 1. The maximum Gasteiger partial charge on any atom is 0.201 e. The highest BCUT2D eigenvalue weighted by Gasteiger charge is 2.20. The normalized spacial score (nSPS) is 11.3. The van der Waals surface area contributed by atoms with Crippen molar-refractivity contribution in [2.45, 2.75) is 26.7 Å². The molecule has 0 unspecified atom stereocenters. The molecular formula is C14H15ClO2. The summed E-state index contributed by atoms with van der Waals surface area (Å²) in [6.45, 7) is 4.04. The Balaban J connectivity index is 2.39. The van der Waals surface area contributed by atoms with Gasteiger partial charge in [-0.15, -0.1) is 0 Å². The Morgan fingerprint density at radius 2 is 2.00 bits per heavy atom. The van der Waals surface area contributed by atoms with Crippen molar-refractivity contribution in [3.63, 3.8) is 0 Å². The molecule has 0 aliphatic heterocycles. The Morgan fingerprint density at radius 3 is 2.65 bits per heavy atom. The number of halogens is 1. The number of ketones is 1. The van der Waals surface area contributed by atoms with E-state index >= 15 is 0 Å². The molecule has 1 heterocycles. The first kappa shape index (κ1) is 12.2. The van der Waals surface area contributed by atoms with Gasteiger partial charge in [0.1, 0.15) is 5.58 Å².